The minimum atomic E-state index is 0.0257. The number of aromatic nitrogens is 4. The number of rotatable bonds is 7. The molecule has 1 aromatic carbocycles. The molecule has 0 radical (unpaired) electrons. The molecule has 3 aromatic heterocycles. The Morgan fingerprint density at radius 3 is 2.84 bits per heavy atom. The molecule has 2 aliphatic heterocycles. The van der Waals surface area contributed by atoms with Gasteiger partial charge in [-0.15, -0.1) is 0 Å². The minimum Gasteiger partial charge on any atom is -0.491 e. The van der Waals surface area contributed by atoms with Crippen molar-refractivity contribution >= 4 is 28.4 Å². The summed E-state index contributed by atoms with van der Waals surface area (Å²) >= 11 is 0. The SMILES string of the molecule is O=C(c1cc2cc(Nc3nccc(-c4cc(OCC5CCCO5)ccn4)n3)ccc2[nH]1)N1CCNCC1. The zero-order valence-corrected chi connectivity index (χ0v) is 20.4. The third kappa shape index (κ3) is 5.40. The number of carbonyl (C=O) groups excluding carboxylic acids is 1. The smallest absolute Gasteiger partial charge is 0.270 e. The second-order valence-corrected chi connectivity index (χ2v) is 9.24. The van der Waals surface area contributed by atoms with Gasteiger partial charge >= 0.3 is 0 Å². The fourth-order valence-electron chi connectivity index (χ4n) is 4.66. The maximum atomic E-state index is 12.9. The molecule has 6 rings (SSSR count). The minimum absolute atomic E-state index is 0.0257. The van der Waals surface area contributed by atoms with Crippen LogP contribution < -0.4 is 15.4 Å². The van der Waals surface area contributed by atoms with Crippen molar-refractivity contribution < 1.29 is 14.3 Å². The summed E-state index contributed by atoms with van der Waals surface area (Å²) in [4.78, 5) is 31.5. The van der Waals surface area contributed by atoms with Crippen molar-refractivity contribution in [2.75, 3.05) is 44.7 Å². The van der Waals surface area contributed by atoms with Crippen molar-refractivity contribution in [1.82, 2.24) is 30.2 Å². The molecule has 0 bridgehead atoms. The number of fused-ring (bicyclic) bond motifs is 1. The Morgan fingerprint density at radius 2 is 1.97 bits per heavy atom. The molecule has 3 N–H and O–H groups in total. The van der Waals surface area contributed by atoms with Gasteiger partial charge in [0.1, 0.15) is 18.1 Å². The van der Waals surface area contributed by atoms with Gasteiger partial charge in [-0.25, -0.2) is 9.97 Å². The summed E-state index contributed by atoms with van der Waals surface area (Å²) in [5.74, 6) is 1.22. The van der Waals surface area contributed by atoms with E-state index in [1.165, 1.54) is 0 Å². The van der Waals surface area contributed by atoms with Crippen LogP contribution in [-0.4, -0.2) is 76.2 Å². The van der Waals surface area contributed by atoms with Crippen LogP contribution in [-0.2, 0) is 4.74 Å². The average Bonchev–Trinajstić information content (AvgIpc) is 3.62. The average molecular weight is 500 g/mol. The van der Waals surface area contributed by atoms with Crippen LogP contribution >= 0.6 is 0 Å². The highest BCUT2D eigenvalue weighted by Crippen LogP contribution is 2.25. The third-order valence-corrected chi connectivity index (χ3v) is 6.62. The highest BCUT2D eigenvalue weighted by Gasteiger charge is 2.20. The lowest BCUT2D eigenvalue weighted by molar-refractivity contribution is 0.0679. The molecule has 1 amide bonds. The largest absolute Gasteiger partial charge is 0.491 e. The van der Waals surface area contributed by atoms with Gasteiger partial charge in [0.2, 0.25) is 5.95 Å². The molecule has 1 atom stereocenters. The summed E-state index contributed by atoms with van der Waals surface area (Å²) in [6, 6.07) is 13.3. The lowest BCUT2D eigenvalue weighted by Gasteiger charge is -2.26. The molecule has 37 heavy (non-hydrogen) atoms. The molecule has 0 saturated carbocycles. The summed E-state index contributed by atoms with van der Waals surface area (Å²) < 4.78 is 11.6. The van der Waals surface area contributed by atoms with Crippen LogP contribution in [0.25, 0.3) is 22.3 Å². The van der Waals surface area contributed by atoms with Crippen molar-refractivity contribution in [1.29, 1.82) is 0 Å². The fourth-order valence-corrected chi connectivity index (χ4v) is 4.66. The Morgan fingerprint density at radius 1 is 1.08 bits per heavy atom. The molecule has 2 fully saturated rings. The van der Waals surface area contributed by atoms with Crippen LogP contribution in [0.4, 0.5) is 11.6 Å². The number of nitrogens with zero attached hydrogens (tertiary/aromatic N) is 4. The van der Waals surface area contributed by atoms with Crippen LogP contribution in [0.2, 0.25) is 0 Å². The van der Waals surface area contributed by atoms with Gasteiger partial charge in [-0.1, -0.05) is 0 Å². The van der Waals surface area contributed by atoms with Crippen LogP contribution in [0.5, 0.6) is 5.75 Å². The highest BCUT2D eigenvalue weighted by molar-refractivity contribution is 5.98. The van der Waals surface area contributed by atoms with E-state index in [-0.39, 0.29) is 12.0 Å². The molecular formula is C27H29N7O3. The number of benzene rings is 1. The highest BCUT2D eigenvalue weighted by atomic mass is 16.5. The summed E-state index contributed by atoms with van der Waals surface area (Å²) in [7, 11) is 0. The van der Waals surface area contributed by atoms with E-state index >= 15 is 0 Å². The number of amides is 1. The Hall–Kier alpha value is -4.02. The van der Waals surface area contributed by atoms with Gasteiger partial charge in [-0.05, 0) is 49.2 Å². The number of nitrogens with one attached hydrogen (secondary N) is 3. The van der Waals surface area contributed by atoms with Crippen molar-refractivity contribution in [3.8, 4) is 17.1 Å². The van der Waals surface area contributed by atoms with Gasteiger partial charge < -0.3 is 30.0 Å². The molecule has 4 aromatic rings. The van der Waals surface area contributed by atoms with Gasteiger partial charge in [0.15, 0.2) is 0 Å². The number of H-pyrrole nitrogens is 1. The topological polar surface area (TPSA) is 117 Å². The number of pyridine rings is 1. The molecule has 10 nitrogen and oxygen atoms in total. The standard InChI is InChI=1S/C27H29N7O3/c35-26(34-11-9-28-10-12-34)25-15-18-14-19(3-4-22(18)32-25)31-27-30-8-6-23(33-27)24-16-20(5-7-29-24)37-17-21-2-1-13-36-21/h3-8,14-16,21,28,32H,1-2,9-13,17H2,(H,30,31,33). The van der Waals surface area contributed by atoms with E-state index in [2.05, 4.69) is 30.6 Å². The monoisotopic (exact) mass is 499 g/mol. The third-order valence-electron chi connectivity index (χ3n) is 6.62. The van der Waals surface area contributed by atoms with Crippen LogP contribution in [0, 0.1) is 0 Å². The van der Waals surface area contributed by atoms with Crippen LogP contribution in [0.15, 0.2) is 54.9 Å². The molecule has 0 spiro atoms. The number of hydrogen-bond donors (Lipinski definition) is 3. The van der Waals surface area contributed by atoms with E-state index in [0.29, 0.717) is 42.7 Å². The van der Waals surface area contributed by atoms with E-state index in [1.807, 2.05) is 47.4 Å². The first-order chi connectivity index (χ1) is 18.2. The van der Waals surface area contributed by atoms with Gasteiger partial charge in [-0.2, -0.15) is 0 Å². The Balaban J connectivity index is 1.16. The Kier molecular flexibility index (Phi) is 6.66. The van der Waals surface area contributed by atoms with Gasteiger partial charge in [0.25, 0.3) is 5.91 Å². The number of anilines is 2. The number of ether oxygens (including phenoxy) is 2. The van der Waals surface area contributed by atoms with E-state index in [1.54, 1.807) is 12.4 Å². The van der Waals surface area contributed by atoms with Crippen molar-refractivity contribution in [3.63, 3.8) is 0 Å². The molecule has 190 valence electrons. The summed E-state index contributed by atoms with van der Waals surface area (Å²) in [5.41, 5.74) is 3.72. The van der Waals surface area contributed by atoms with Gasteiger partial charge in [-0.3, -0.25) is 9.78 Å². The van der Waals surface area contributed by atoms with Gasteiger partial charge in [0.05, 0.1) is 17.5 Å². The first-order valence-electron chi connectivity index (χ1n) is 12.6. The summed E-state index contributed by atoms with van der Waals surface area (Å²) in [5, 5.41) is 7.48. The van der Waals surface area contributed by atoms with Crippen LogP contribution in [0.3, 0.4) is 0 Å². The summed E-state index contributed by atoms with van der Waals surface area (Å²) in [6.07, 6.45) is 5.68. The number of hydrogen-bond acceptors (Lipinski definition) is 8. The Bertz CT molecular complexity index is 1390. The predicted octanol–water partition coefficient (Wildman–Crippen LogP) is 3.37. The molecule has 2 aliphatic rings. The molecule has 2 saturated heterocycles. The normalized spacial score (nSPS) is 17.7. The predicted molar refractivity (Wildman–Crippen MR) is 140 cm³/mol. The second-order valence-electron chi connectivity index (χ2n) is 9.24. The van der Waals surface area contributed by atoms with Crippen molar-refractivity contribution in [2.24, 2.45) is 0 Å². The maximum Gasteiger partial charge on any atom is 0.270 e. The van der Waals surface area contributed by atoms with E-state index in [4.69, 9.17) is 9.47 Å². The second kappa shape index (κ2) is 10.5. The number of carbonyl (C=O) groups is 1. The molecule has 10 heteroatoms. The lowest BCUT2D eigenvalue weighted by Crippen LogP contribution is -2.46. The molecule has 0 aliphatic carbocycles. The summed E-state index contributed by atoms with van der Waals surface area (Å²) in [6.45, 7) is 4.41. The first kappa shape index (κ1) is 23.4. The zero-order chi connectivity index (χ0) is 25.0. The quantitative estimate of drug-likeness (QED) is 0.354. The first-order valence-corrected chi connectivity index (χ1v) is 12.6. The fraction of sp³-hybridized carbons (Fsp3) is 0.333. The van der Waals surface area contributed by atoms with Crippen LogP contribution in [0.1, 0.15) is 23.3 Å². The maximum absolute atomic E-state index is 12.9. The van der Waals surface area contributed by atoms with Crippen molar-refractivity contribution in [2.45, 2.75) is 18.9 Å². The van der Waals surface area contributed by atoms with Gasteiger partial charge in [0, 0.05) is 67.8 Å². The lowest BCUT2D eigenvalue weighted by atomic mass is 10.2. The van der Waals surface area contributed by atoms with Crippen molar-refractivity contribution in [3.05, 3.63) is 60.6 Å². The van der Waals surface area contributed by atoms with E-state index in [0.717, 1.165) is 54.9 Å². The number of aromatic amines is 1. The molecular weight excluding hydrogens is 470 g/mol. The zero-order valence-electron chi connectivity index (χ0n) is 20.4. The van der Waals surface area contributed by atoms with E-state index in [9.17, 15) is 4.79 Å². The van der Waals surface area contributed by atoms with E-state index < -0.39 is 0 Å². The number of piperazine rings is 1. The molecule has 5 heterocycles. The molecule has 1 unspecified atom stereocenters. The Labute approximate surface area is 214 Å².